The average Bonchev–Trinajstić information content (AvgIpc) is 2.31. The summed E-state index contributed by atoms with van der Waals surface area (Å²) in [4.78, 5) is 23.8. The van der Waals surface area contributed by atoms with Crippen LogP contribution in [0.15, 0.2) is 28.7 Å². The van der Waals surface area contributed by atoms with Crippen LogP contribution in [0.25, 0.3) is 0 Å². The van der Waals surface area contributed by atoms with Crippen LogP contribution in [-0.4, -0.2) is 18.9 Å². The predicted molar refractivity (Wildman–Crippen MR) is 73.2 cm³/mol. The zero-order valence-electron chi connectivity index (χ0n) is 10.8. The number of benzene rings is 1. The van der Waals surface area contributed by atoms with Gasteiger partial charge in [0.1, 0.15) is 5.92 Å². The molecule has 0 heterocycles. The molecule has 0 aliphatic heterocycles. The van der Waals surface area contributed by atoms with Crippen molar-refractivity contribution in [2.75, 3.05) is 7.11 Å². The maximum Gasteiger partial charge on any atom is 0.316 e. The quantitative estimate of drug-likeness (QED) is 0.620. The van der Waals surface area contributed by atoms with Crippen molar-refractivity contribution in [2.24, 2.45) is 11.8 Å². The fourth-order valence-electron chi connectivity index (χ4n) is 1.84. The second-order valence-electron chi connectivity index (χ2n) is 4.48. The number of ether oxygens (including phenoxy) is 1. The number of esters is 1. The van der Waals surface area contributed by atoms with Gasteiger partial charge in [-0.1, -0.05) is 48.0 Å². The summed E-state index contributed by atoms with van der Waals surface area (Å²) in [5, 5.41) is 0. The van der Waals surface area contributed by atoms with Crippen LogP contribution < -0.4 is 0 Å². The molecule has 0 fully saturated rings. The van der Waals surface area contributed by atoms with Crippen LogP contribution in [0.5, 0.6) is 0 Å². The third-order valence-electron chi connectivity index (χ3n) is 2.79. The highest BCUT2D eigenvalue weighted by atomic mass is 79.9. The maximum atomic E-state index is 12.2. The van der Waals surface area contributed by atoms with E-state index in [-0.39, 0.29) is 18.1 Å². The summed E-state index contributed by atoms with van der Waals surface area (Å²) in [6.45, 7) is 3.69. The highest BCUT2D eigenvalue weighted by Gasteiger charge is 2.30. The van der Waals surface area contributed by atoms with Crippen LogP contribution >= 0.6 is 15.9 Å². The van der Waals surface area contributed by atoms with Crippen molar-refractivity contribution >= 4 is 27.7 Å². The summed E-state index contributed by atoms with van der Waals surface area (Å²) in [7, 11) is 1.31. The molecule has 0 spiro atoms. The van der Waals surface area contributed by atoms with E-state index in [2.05, 4.69) is 15.9 Å². The topological polar surface area (TPSA) is 43.4 Å². The third kappa shape index (κ3) is 3.67. The molecule has 1 aromatic carbocycles. The van der Waals surface area contributed by atoms with Crippen molar-refractivity contribution in [1.82, 2.24) is 0 Å². The van der Waals surface area contributed by atoms with Crippen molar-refractivity contribution in [3.05, 3.63) is 34.3 Å². The predicted octanol–water partition coefficient (Wildman–Crippen LogP) is 3.01. The Balaban J connectivity index is 2.86. The number of ketones is 1. The lowest BCUT2D eigenvalue weighted by Crippen LogP contribution is -2.31. The van der Waals surface area contributed by atoms with Crippen LogP contribution in [0.3, 0.4) is 0 Å². The van der Waals surface area contributed by atoms with Gasteiger partial charge in [-0.25, -0.2) is 0 Å². The van der Waals surface area contributed by atoms with E-state index >= 15 is 0 Å². The first-order chi connectivity index (χ1) is 8.47. The van der Waals surface area contributed by atoms with E-state index in [1.54, 1.807) is 0 Å². The molecule has 3 nitrogen and oxygen atoms in total. The van der Waals surface area contributed by atoms with Gasteiger partial charge >= 0.3 is 5.97 Å². The molecular formula is C14H17BrO3. The zero-order valence-corrected chi connectivity index (χ0v) is 12.4. The number of methoxy groups -OCH3 is 1. The summed E-state index contributed by atoms with van der Waals surface area (Å²) in [6, 6.07) is 7.51. The third-order valence-corrected chi connectivity index (χ3v) is 3.56. The van der Waals surface area contributed by atoms with Crippen LogP contribution in [0.4, 0.5) is 0 Å². The Morgan fingerprint density at radius 2 is 1.89 bits per heavy atom. The van der Waals surface area contributed by atoms with E-state index in [1.807, 2.05) is 38.1 Å². The molecule has 0 bridgehead atoms. The number of hydrogen-bond acceptors (Lipinski definition) is 3. The Hall–Kier alpha value is -1.16. The number of halogens is 1. The minimum Gasteiger partial charge on any atom is -0.468 e. The molecule has 4 heteroatoms. The number of hydrogen-bond donors (Lipinski definition) is 0. The van der Waals surface area contributed by atoms with Crippen LogP contribution in [0.2, 0.25) is 0 Å². The van der Waals surface area contributed by atoms with E-state index in [9.17, 15) is 9.59 Å². The number of rotatable bonds is 5. The SMILES string of the molecule is COC(=O)C(C(=O)Cc1ccccc1Br)C(C)C. The molecule has 1 rings (SSSR count). The highest BCUT2D eigenvalue weighted by Crippen LogP contribution is 2.21. The highest BCUT2D eigenvalue weighted by molar-refractivity contribution is 9.10. The summed E-state index contributed by atoms with van der Waals surface area (Å²) in [5.74, 6) is -1.32. The average molecular weight is 313 g/mol. The van der Waals surface area contributed by atoms with E-state index in [0.717, 1.165) is 10.0 Å². The summed E-state index contributed by atoms with van der Waals surface area (Å²) < 4.78 is 5.57. The molecule has 0 saturated carbocycles. The Bertz CT molecular complexity index is 440. The molecular weight excluding hydrogens is 296 g/mol. The van der Waals surface area contributed by atoms with Crippen LogP contribution in [0.1, 0.15) is 19.4 Å². The lowest BCUT2D eigenvalue weighted by Gasteiger charge is -2.17. The van der Waals surface area contributed by atoms with Crippen LogP contribution in [0, 0.1) is 11.8 Å². The molecule has 0 amide bonds. The fourth-order valence-corrected chi connectivity index (χ4v) is 2.27. The van der Waals surface area contributed by atoms with Crippen molar-refractivity contribution in [1.29, 1.82) is 0 Å². The van der Waals surface area contributed by atoms with Gasteiger partial charge in [-0.2, -0.15) is 0 Å². The van der Waals surface area contributed by atoms with Gasteiger partial charge in [0, 0.05) is 10.9 Å². The fraction of sp³-hybridized carbons (Fsp3) is 0.429. The van der Waals surface area contributed by atoms with Gasteiger partial charge in [0.2, 0.25) is 0 Å². The minimum atomic E-state index is -0.692. The zero-order chi connectivity index (χ0) is 13.7. The first-order valence-electron chi connectivity index (χ1n) is 5.81. The Kier molecular flexibility index (Phi) is 5.54. The standard InChI is InChI=1S/C14H17BrO3/c1-9(2)13(14(17)18-3)12(16)8-10-6-4-5-7-11(10)15/h4-7,9,13H,8H2,1-3H3. The van der Waals surface area contributed by atoms with E-state index in [0.29, 0.717) is 0 Å². The number of carbonyl (C=O) groups excluding carboxylic acids is 2. The molecule has 0 radical (unpaired) electrons. The van der Waals surface area contributed by atoms with Gasteiger partial charge in [0.05, 0.1) is 7.11 Å². The molecule has 1 atom stereocenters. The van der Waals surface area contributed by atoms with E-state index < -0.39 is 11.9 Å². The largest absolute Gasteiger partial charge is 0.468 e. The Labute approximate surface area is 116 Å². The van der Waals surface area contributed by atoms with Crippen molar-refractivity contribution in [2.45, 2.75) is 20.3 Å². The van der Waals surface area contributed by atoms with Crippen LogP contribution in [-0.2, 0) is 20.7 Å². The monoisotopic (exact) mass is 312 g/mol. The number of Topliss-reactive ketones (excluding diaryl/α,β-unsaturated/α-hetero) is 1. The van der Waals surface area contributed by atoms with Crippen molar-refractivity contribution in [3.63, 3.8) is 0 Å². The molecule has 0 aliphatic carbocycles. The molecule has 0 saturated heterocycles. The molecule has 0 aliphatic rings. The summed E-state index contributed by atoms with van der Waals surface area (Å²) in [6.07, 6.45) is 0.235. The Morgan fingerprint density at radius 1 is 1.28 bits per heavy atom. The minimum absolute atomic E-state index is 0.0626. The van der Waals surface area contributed by atoms with Gasteiger partial charge in [-0.05, 0) is 17.5 Å². The second-order valence-corrected chi connectivity index (χ2v) is 5.33. The molecule has 98 valence electrons. The molecule has 0 N–H and O–H groups in total. The first kappa shape index (κ1) is 14.9. The van der Waals surface area contributed by atoms with Crippen molar-refractivity contribution in [3.8, 4) is 0 Å². The van der Waals surface area contributed by atoms with Crippen molar-refractivity contribution < 1.29 is 14.3 Å². The first-order valence-corrected chi connectivity index (χ1v) is 6.60. The second kappa shape index (κ2) is 6.69. The molecule has 18 heavy (non-hydrogen) atoms. The van der Waals surface area contributed by atoms with Gasteiger partial charge in [0.25, 0.3) is 0 Å². The molecule has 1 unspecified atom stereocenters. The van der Waals surface area contributed by atoms with Gasteiger partial charge in [0.15, 0.2) is 5.78 Å². The summed E-state index contributed by atoms with van der Waals surface area (Å²) in [5.41, 5.74) is 0.886. The molecule has 1 aromatic rings. The normalized spacial score (nSPS) is 12.3. The summed E-state index contributed by atoms with van der Waals surface area (Å²) >= 11 is 3.40. The lowest BCUT2D eigenvalue weighted by molar-refractivity contribution is -0.151. The Morgan fingerprint density at radius 3 is 2.39 bits per heavy atom. The smallest absolute Gasteiger partial charge is 0.316 e. The van der Waals surface area contributed by atoms with Gasteiger partial charge in [-0.15, -0.1) is 0 Å². The number of carbonyl (C=O) groups is 2. The van der Waals surface area contributed by atoms with E-state index in [1.165, 1.54) is 7.11 Å². The van der Waals surface area contributed by atoms with Gasteiger partial charge < -0.3 is 4.74 Å². The maximum absolute atomic E-state index is 12.2. The van der Waals surface area contributed by atoms with E-state index in [4.69, 9.17) is 4.74 Å². The lowest BCUT2D eigenvalue weighted by atomic mass is 9.88. The van der Waals surface area contributed by atoms with Gasteiger partial charge in [-0.3, -0.25) is 9.59 Å². The molecule has 0 aromatic heterocycles.